The number of phenolic OH excluding ortho intramolecular Hbond substituents is 3. The number of carboxylic acid groups (broad SMARTS) is 1. The highest BCUT2D eigenvalue weighted by molar-refractivity contribution is 6.32. The van der Waals surface area contributed by atoms with Crippen LogP contribution in [-0.2, 0) is 57.3 Å². The molecule has 110 heavy (non-hydrogen) atoms. The lowest BCUT2D eigenvalue weighted by Crippen LogP contribution is -2.64. The van der Waals surface area contributed by atoms with E-state index in [-0.39, 0.29) is 70.4 Å². The number of hydrogen-bond donors (Lipinski definition) is 18. The number of phenols is 3. The van der Waals surface area contributed by atoms with Crippen molar-refractivity contribution in [2.24, 2.45) is 35.0 Å². The molecule has 21 N–H and O–H groups in total. The number of halogens is 1. The topological polar surface area (TPSA) is 542 Å². The van der Waals surface area contributed by atoms with Gasteiger partial charge in [-0.2, -0.15) is 0 Å². The van der Waals surface area contributed by atoms with Gasteiger partial charge >= 0.3 is 5.97 Å². The van der Waals surface area contributed by atoms with E-state index in [1.54, 1.807) is 13.8 Å². The van der Waals surface area contributed by atoms with Crippen LogP contribution in [0.25, 0.3) is 11.1 Å². The fourth-order valence-corrected chi connectivity index (χ4v) is 15.5. The number of carboxylic acids is 1. The monoisotopic (exact) mass is 1550 g/mol. The zero-order valence-electron chi connectivity index (χ0n) is 61.1. The summed E-state index contributed by atoms with van der Waals surface area (Å²) in [5.41, 5.74) is 14.5. The highest BCUT2D eigenvalue weighted by Gasteiger charge is 2.52. The second kappa shape index (κ2) is 33.0. The Kier molecular flexibility index (Phi) is 24.6. The van der Waals surface area contributed by atoms with E-state index < -0.39 is 257 Å². The van der Waals surface area contributed by atoms with Crippen LogP contribution in [0.4, 0.5) is 0 Å². The van der Waals surface area contributed by atoms with Gasteiger partial charge in [0.15, 0.2) is 41.5 Å². The molecule has 11 bridgehead atoms. The van der Waals surface area contributed by atoms with Gasteiger partial charge < -0.3 is 128 Å². The van der Waals surface area contributed by atoms with E-state index in [9.17, 15) is 65.4 Å². The summed E-state index contributed by atoms with van der Waals surface area (Å²) in [6.45, 7) is 9.07. The second-order valence-electron chi connectivity index (χ2n) is 30.3. The molecule has 5 aromatic carbocycles. The maximum absolute atomic E-state index is 16.5. The van der Waals surface area contributed by atoms with Gasteiger partial charge in [0.25, 0.3) is 0 Å². The molecule has 7 heterocycles. The van der Waals surface area contributed by atoms with Crippen molar-refractivity contribution in [3.8, 4) is 57.1 Å². The van der Waals surface area contributed by atoms with Gasteiger partial charge in [-0.1, -0.05) is 56.6 Å². The second-order valence-corrected chi connectivity index (χ2v) is 30.7. The molecule has 34 heteroatoms. The number of rotatable bonds is 15. The number of likely N-dealkylation sites (N-methyl/N-ethyl adjacent to an activating group) is 1. The molecular formula is C76H93ClN8O25. The molecule has 13 rings (SSSR count). The number of ketones is 2. The third-order valence-corrected chi connectivity index (χ3v) is 21.4. The van der Waals surface area contributed by atoms with Crippen molar-refractivity contribution in [1.82, 2.24) is 26.6 Å². The Balaban J connectivity index is 1.18. The van der Waals surface area contributed by atoms with Gasteiger partial charge in [-0.05, 0) is 136 Å². The van der Waals surface area contributed by atoms with Crippen LogP contribution in [-0.4, -0.2) is 202 Å². The molecule has 7 aliphatic heterocycles. The van der Waals surface area contributed by atoms with Crippen LogP contribution in [0.3, 0.4) is 0 Å². The fourth-order valence-electron chi connectivity index (χ4n) is 15.3. The van der Waals surface area contributed by atoms with E-state index in [2.05, 4.69) is 26.6 Å². The molecular weight excluding hydrogens is 1460 g/mol. The summed E-state index contributed by atoms with van der Waals surface area (Å²) in [6.07, 6.45) is -21.7. The molecule has 0 aromatic heterocycles. The number of aliphatic hydroxyl groups is 6. The summed E-state index contributed by atoms with van der Waals surface area (Å²) in [6, 6.07) is 7.29. The molecule has 3 fully saturated rings. The predicted octanol–water partition coefficient (Wildman–Crippen LogP) is 2.33. The van der Waals surface area contributed by atoms with E-state index in [4.69, 9.17) is 62.0 Å². The van der Waals surface area contributed by atoms with Crippen LogP contribution in [0.5, 0.6) is 46.0 Å². The number of amides is 5. The molecule has 5 amide bonds. The SMILES string of the molecule is CN[C@H](CC(C)C)C(=O)N[C@H]1C(=O)C[C@@H](CC(N)=O)C(=O)N[C@H]2C(=O)C[C@H]3C(=O)N[C@H](C(=O)N[C@H](C(=O)O)c4cc(O)cc(O)c4-c4cc3ccc4O)[C@H](OC3CC(C)C(O)C(C)(N)C3)c3ccc(cc3)Oc3cc2cc(c3OC2OC(CO)C(O)C(O)C2OC2CC(C)(N)C(O)C(C)O2)Oc2ccc(cc2Cl)[C@H]1O. The number of nitrogens with two attached hydrogens (primary N) is 3. The van der Waals surface area contributed by atoms with Crippen molar-refractivity contribution < 1.29 is 123 Å². The number of primary amides is 1. The summed E-state index contributed by atoms with van der Waals surface area (Å²) in [5, 5.41) is 128. The first kappa shape index (κ1) is 81.8. The van der Waals surface area contributed by atoms with Crippen LogP contribution in [0.2, 0.25) is 5.02 Å². The number of Topliss-reactive ketones (excluding diaryl/α,β-unsaturated/α-hetero) is 2. The van der Waals surface area contributed by atoms with Crippen molar-refractivity contribution in [1.29, 1.82) is 0 Å². The molecule has 5 aromatic rings. The number of carbonyl (C=O) groups excluding carboxylic acids is 7. The number of fused-ring (bicyclic) bond motifs is 15. The molecule has 8 aliphatic rings. The van der Waals surface area contributed by atoms with Crippen LogP contribution in [0, 0.1) is 17.8 Å². The maximum Gasteiger partial charge on any atom is 0.330 e. The Morgan fingerprint density at radius 3 is 2.04 bits per heavy atom. The molecule has 13 unspecified atom stereocenters. The molecule has 0 spiro atoms. The first-order valence-corrected chi connectivity index (χ1v) is 36.4. The minimum absolute atomic E-state index is 0.0644. The van der Waals surface area contributed by atoms with Gasteiger partial charge in [0.2, 0.25) is 41.6 Å². The van der Waals surface area contributed by atoms with Gasteiger partial charge in [0.05, 0.1) is 53.9 Å². The zero-order valence-corrected chi connectivity index (χ0v) is 61.8. The Morgan fingerprint density at radius 2 is 1.40 bits per heavy atom. The van der Waals surface area contributed by atoms with Gasteiger partial charge in [0, 0.05) is 59.5 Å². The smallest absolute Gasteiger partial charge is 0.330 e. The molecule has 2 saturated heterocycles. The lowest BCUT2D eigenvalue weighted by atomic mass is 9.74. The van der Waals surface area contributed by atoms with Crippen molar-refractivity contribution in [2.45, 2.75) is 207 Å². The van der Waals surface area contributed by atoms with Crippen molar-refractivity contribution >= 4 is 58.7 Å². The molecule has 22 atom stereocenters. The minimum atomic E-state index is -2.21. The van der Waals surface area contributed by atoms with Crippen LogP contribution < -0.4 is 58.0 Å². The summed E-state index contributed by atoms with van der Waals surface area (Å²) in [7, 11) is 1.50. The van der Waals surface area contributed by atoms with Gasteiger partial charge in [0.1, 0.15) is 77.4 Å². The number of aromatic hydroxyl groups is 3. The number of benzene rings is 5. The molecule has 0 radical (unpaired) electrons. The first-order valence-electron chi connectivity index (χ1n) is 36.0. The van der Waals surface area contributed by atoms with E-state index in [1.165, 1.54) is 69.4 Å². The maximum atomic E-state index is 16.5. The average molecular weight is 1550 g/mol. The lowest BCUT2D eigenvalue weighted by molar-refractivity contribution is -0.333. The van der Waals surface area contributed by atoms with Gasteiger partial charge in [-0.15, -0.1) is 0 Å². The fraction of sp³-hybridized carbons (Fsp3) is 0.500. The molecule has 1 aliphatic carbocycles. The summed E-state index contributed by atoms with van der Waals surface area (Å²) >= 11 is 7.16. The number of aliphatic carboxylic acids is 1. The van der Waals surface area contributed by atoms with E-state index >= 15 is 24.0 Å². The molecule has 33 nitrogen and oxygen atoms in total. The third-order valence-electron chi connectivity index (χ3n) is 21.1. The Labute approximate surface area is 636 Å². The summed E-state index contributed by atoms with van der Waals surface area (Å²) in [4.78, 5) is 120. The Bertz CT molecular complexity index is 4340. The van der Waals surface area contributed by atoms with Crippen LogP contribution in [0.1, 0.15) is 145 Å². The summed E-state index contributed by atoms with van der Waals surface area (Å²) in [5.74, 6) is -18.2. The van der Waals surface area contributed by atoms with Crippen molar-refractivity contribution in [3.05, 3.63) is 118 Å². The predicted molar refractivity (Wildman–Crippen MR) is 387 cm³/mol. The highest BCUT2D eigenvalue weighted by atomic mass is 35.5. The summed E-state index contributed by atoms with van der Waals surface area (Å²) < 4.78 is 46.0. The van der Waals surface area contributed by atoms with Gasteiger partial charge in [-0.25, -0.2) is 4.79 Å². The number of ether oxygens (including phenoxy) is 7. The number of nitrogens with one attached hydrogen (secondary N) is 5. The Hall–Kier alpha value is -9.17. The van der Waals surface area contributed by atoms with Crippen molar-refractivity contribution in [3.63, 3.8) is 0 Å². The number of hydrogen-bond acceptors (Lipinski definition) is 27. The standard InChI is InChI=1S/C76H93ClN8O25/c1-30(2)16-45(81-7)71(100)84-59-48(90)20-37(23-54(78)92)69(98)82-57-36-21-51(65(52(22-36)107-50-15-11-35(61(59)93)19-44(50)77)110-74-66(63(95)62(94)53(29-86)108-74)109-55-28-76(6,80)68(97)32(4)104-55)105-39-12-8-33(9-13-39)64(106-40-17-31(3)67(96)75(5,79)27-40)60-72(101)83-58(73(102)103)43-24-38(87)25-47(89)56(43)42-18-34(10-14-46(42)88)41(26-49(57)91)70(99)85-60/h8-15,18-19,21-22,24-25,30-32,37,40-41,45,53,55,57-64,66-68,74,81,86-89,93-97H,16-17,20,23,26-29,79-80H2,1-7H3,(H2,78,92)(H,82,98)(H,83,101)(H,84,100)(H,85,99)(H,102,103)/t31?,32?,37-,40?,41+,45+,53?,55?,57+,58-,59-,60-,61+,62?,63?,64+,66?,67?,68?,74?,75?,76?/m0/s1. The van der Waals surface area contributed by atoms with E-state index in [0.29, 0.717) is 0 Å². The quantitative estimate of drug-likeness (QED) is 0.0715. The first-order chi connectivity index (χ1) is 51.8. The molecule has 1 saturated carbocycles. The van der Waals surface area contributed by atoms with Gasteiger partial charge in [-0.3, -0.25) is 33.6 Å². The van der Waals surface area contributed by atoms with Crippen molar-refractivity contribution in [2.75, 3.05) is 13.7 Å². The van der Waals surface area contributed by atoms with E-state index in [1.807, 2.05) is 13.8 Å². The third kappa shape index (κ3) is 17.4. The number of aliphatic hydroxyl groups excluding tert-OH is 6. The molecule has 594 valence electrons. The highest BCUT2D eigenvalue weighted by Crippen LogP contribution is 2.50. The lowest BCUT2D eigenvalue weighted by Gasteiger charge is -2.47. The average Bonchev–Trinajstić information content (AvgIpc) is 0.766. The normalized spacial score (nSPS) is 32.4. The minimum Gasteiger partial charge on any atom is -0.508 e. The largest absolute Gasteiger partial charge is 0.508 e. The van der Waals surface area contributed by atoms with Crippen LogP contribution in [0.15, 0.2) is 84.9 Å². The van der Waals surface area contributed by atoms with E-state index in [0.717, 1.165) is 36.4 Å². The zero-order chi connectivity index (χ0) is 80.0. The Morgan fingerprint density at radius 1 is 0.727 bits per heavy atom. The number of carbonyl (C=O) groups is 8. The van der Waals surface area contributed by atoms with Crippen LogP contribution >= 0.6 is 11.6 Å².